The largest absolute Gasteiger partial charge is 0.232 e. The van der Waals surface area contributed by atoms with Crippen molar-refractivity contribution < 1.29 is 17.2 Å². The van der Waals surface area contributed by atoms with Gasteiger partial charge in [-0.1, -0.05) is 6.07 Å². The third kappa shape index (κ3) is 3.10. The van der Waals surface area contributed by atoms with Crippen LogP contribution in [0.3, 0.4) is 0 Å². The van der Waals surface area contributed by atoms with Crippen molar-refractivity contribution in [2.24, 2.45) is 0 Å². The molecule has 0 amide bonds. The quantitative estimate of drug-likeness (QED) is 0.752. The summed E-state index contributed by atoms with van der Waals surface area (Å²) in [6.07, 6.45) is 0.0881. The van der Waals surface area contributed by atoms with Gasteiger partial charge in [0.1, 0.15) is 22.3 Å². The van der Waals surface area contributed by atoms with Crippen LogP contribution in [0.1, 0.15) is 5.56 Å². The number of halogens is 2. The lowest BCUT2D eigenvalue weighted by atomic mass is 10.1. The minimum Gasteiger partial charge on any atom is -0.232 e. The van der Waals surface area contributed by atoms with Crippen LogP contribution in [0.2, 0.25) is 0 Å². The Balaban J connectivity index is 2.77. The van der Waals surface area contributed by atoms with E-state index in [1.165, 1.54) is 6.07 Å². The number of hydrogen-bond donors (Lipinski definition) is 1. The molecule has 0 spiro atoms. The average molecular weight is 206 g/mol. The fourth-order valence-corrected chi connectivity index (χ4v) is 1.36. The van der Waals surface area contributed by atoms with E-state index < -0.39 is 22.3 Å². The lowest BCUT2D eigenvalue weighted by molar-refractivity contribution is 0.573. The molecule has 1 rings (SSSR count). The maximum Gasteiger partial charge on any atom is 0.140 e. The van der Waals surface area contributed by atoms with Gasteiger partial charge in [-0.2, -0.15) is 0 Å². The van der Waals surface area contributed by atoms with E-state index in [9.17, 15) is 17.2 Å². The number of benzene rings is 1. The molecule has 0 aliphatic rings. The Hall–Kier alpha value is -0.970. The molecule has 0 aromatic heterocycles. The maximum atomic E-state index is 12.9. The fourth-order valence-electron chi connectivity index (χ4n) is 0.936. The van der Waals surface area contributed by atoms with E-state index in [0.717, 1.165) is 12.1 Å². The molecular formula is C8H8F2O2S. The first-order valence-electron chi connectivity index (χ1n) is 3.65. The zero-order valence-electron chi connectivity index (χ0n) is 6.67. The molecule has 0 bridgehead atoms. The third-order valence-corrected chi connectivity index (χ3v) is 2.17. The SMILES string of the molecule is O=[SH](=O)CCc1ccc(F)cc1F. The van der Waals surface area contributed by atoms with Crippen molar-refractivity contribution in [3.8, 4) is 0 Å². The number of rotatable bonds is 3. The van der Waals surface area contributed by atoms with E-state index >= 15 is 0 Å². The number of thiol groups is 1. The summed E-state index contributed by atoms with van der Waals surface area (Å²) in [7, 11) is -2.50. The van der Waals surface area contributed by atoms with Crippen LogP contribution in [0.25, 0.3) is 0 Å². The molecule has 1 aromatic rings. The van der Waals surface area contributed by atoms with Gasteiger partial charge in [-0.15, -0.1) is 0 Å². The zero-order chi connectivity index (χ0) is 9.84. The van der Waals surface area contributed by atoms with Gasteiger partial charge in [0.05, 0.1) is 5.75 Å². The van der Waals surface area contributed by atoms with Crippen LogP contribution in [0, 0.1) is 11.6 Å². The second kappa shape index (κ2) is 4.32. The van der Waals surface area contributed by atoms with E-state index in [2.05, 4.69) is 0 Å². The zero-order valence-corrected chi connectivity index (χ0v) is 7.56. The molecule has 0 radical (unpaired) electrons. The lowest BCUT2D eigenvalue weighted by Crippen LogP contribution is -1.97. The summed E-state index contributed by atoms with van der Waals surface area (Å²) in [5, 5.41) is 0. The Morgan fingerprint density at radius 1 is 1.23 bits per heavy atom. The standard InChI is InChI=1S/C8H8F2O2S/c9-7-2-1-6(8(10)5-7)3-4-13(11)12/h1-2,5,13H,3-4H2. The molecule has 0 aliphatic heterocycles. The van der Waals surface area contributed by atoms with E-state index in [1.54, 1.807) is 0 Å². The summed E-state index contributed by atoms with van der Waals surface area (Å²) in [5.41, 5.74) is 0.223. The van der Waals surface area contributed by atoms with Crippen molar-refractivity contribution in [2.45, 2.75) is 6.42 Å². The molecule has 0 unspecified atom stereocenters. The van der Waals surface area contributed by atoms with E-state index in [1.807, 2.05) is 0 Å². The summed E-state index contributed by atoms with van der Waals surface area (Å²) in [6, 6.07) is 3.10. The number of aryl methyl sites for hydroxylation is 1. The van der Waals surface area contributed by atoms with Crippen molar-refractivity contribution in [2.75, 3.05) is 5.75 Å². The van der Waals surface area contributed by atoms with Crippen LogP contribution in [-0.4, -0.2) is 14.2 Å². The summed E-state index contributed by atoms with van der Waals surface area (Å²) in [4.78, 5) is 0. The van der Waals surface area contributed by atoms with Crippen LogP contribution < -0.4 is 0 Å². The highest BCUT2D eigenvalue weighted by Gasteiger charge is 2.03. The molecule has 0 fully saturated rings. The first kappa shape index (κ1) is 10.1. The Kier molecular flexibility index (Phi) is 3.36. The van der Waals surface area contributed by atoms with Crippen molar-refractivity contribution in [3.63, 3.8) is 0 Å². The van der Waals surface area contributed by atoms with Crippen LogP contribution >= 0.6 is 0 Å². The van der Waals surface area contributed by atoms with E-state index in [4.69, 9.17) is 0 Å². The Bertz CT molecular complexity index is 366. The minimum atomic E-state index is -2.50. The van der Waals surface area contributed by atoms with Crippen LogP contribution in [0.4, 0.5) is 8.78 Å². The van der Waals surface area contributed by atoms with Gasteiger partial charge in [0.15, 0.2) is 0 Å². The Labute approximate surface area is 76.1 Å². The molecule has 72 valence electrons. The van der Waals surface area contributed by atoms with Gasteiger partial charge in [0, 0.05) is 6.07 Å². The Morgan fingerprint density at radius 3 is 2.46 bits per heavy atom. The molecule has 0 saturated carbocycles. The second-order valence-corrected chi connectivity index (χ2v) is 3.65. The topological polar surface area (TPSA) is 34.1 Å². The van der Waals surface area contributed by atoms with Crippen LogP contribution in [0.15, 0.2) is 18.2 Å². The predicted octanol–water partition coefficient (Wildman–Crippen LogP) is 1.12. The van der Waals surface area contributed by atoms with Crippen molar-refractivity contribution in [1.82, 2.24) is 0 Å². The fraction of sp³-hybridized carbons (Fsp3) is 0.250. The molecule has 0 N–H and O–H groups in total. The summed E-state index contributed by atoms with van der Waals surface area (Å²) in [5.74, 6) is -1.47. The molecule has 0 heterocycles. The van der Waals surface area contributed by atoms with Crippen molar-refractivity contribution in [3.05, 3.63) is 35.4 Å². The van der Waals surface area contributed by atoms with Crippen molar-refractivity contribution >= 4 is 10.7 Å². The van der Waals surface area contributed by atoms with Gasteiger partial charge in [-0.05, 0) is 18.1 Å². The van der Waals surface area contributed by atoms with Crippen LogP contribution in [0.5, 0.6) is 0 Å². The molecular weight excluding hydrogens is 198 g/mol. The first-order chi connectivity index (χ1) is 6.09. The molecule has 13 heavy (non-hydrogen) atoms. The smallest absolute Gasteiger partial charge is 0.140 e. The number of hydrogen-bond acceptors (Lipinski definition) is 2. The summed E-state index contributed by atoms with van der Waals surface area (Å²) in [6.45, 7) is 0. The van der Waals surface area contributed by atoms with Gasteiger partial charge < -0.3 is 0 Å². The summed E-state index contributed by atoms with van der Waals surface area (Å²) < 4.78 is 45.6. The third-order valence-electron chi connectivity index (χ3n) is 1.58. The van der Waals surface area contributed by atoms with Gasteiger partial charge in [-0.25, -0.2) is 17.2 Å². The molecule has 5 heteroatoms. The highest BCUT2D eigenvalue weighted by molar-refractivity contribution is 7.72. The molecule has 0 atom stereocenters. The van der Waals surface area contributed by atoms with Gasteiger partial charge in [0.25, 0.3) is 0 Å². The Morgan fingerprint density at radius 2 is 1.92 bits per heavy atom. The average Bonchev–Trinajstić information content (AvgIpc) is 2.02. The maximum absolute atomic E-state index is 12.9. The molecule has 2 nitrogen and oxygen atoms in total. The predicted molar refractivity (Wildman–Crippen MR) is 45.2 cm³/mol. The molecule has 0 aliphatic carbocycles. The first-order valence-corrected chi connectivity index (χ1v) is 5.01. The van der Waals surface area contributed by atoms with Crippen molar-refractivity contribution in [1.29, 1.82) is 0 Å². The van der Waals surface area contributed by atoms with E-state index in [0.29, 0.717) is 0 Å². The highest BCUT2D eigenvalue weighted by atomic mass is 32.2. The molecule has 0 saturated heterocycles. The van der Waals surface area contributed by atoms with Gasteiger partial charge in [-0.3, -0.25) is 0 Å². The van der Waals surface area contributed by atoms with Gasteiger partial charge in [0.2, 0.25) is 0 Å². The highest BCUT2D eigenvalue weighted by Crippen LogP contribution is 2.09. The normalized spacial score (nSPS) is 10.7. The monoisotopic (exact) mass is 206 g/mol. The minimum absolute atomic E-state index is 0.0881. The van der Waals surface area contributed by atoms with E-state index in [-0.39, 0.29) is 17.7 Å². The molecule has 1 aromatic carbocycles. The second-order valence-electron chi connectivity index (χ2n) is 2.54. The summed E-state index contributed by atoms with van der Waals surface area (Å²) >= 11 is 0. The lowest BCUT2D eigenvalue weighted by Gasteiger charge is -1.99. The van der Waals surface area contributed by atoms with Gasteiger partial charge >= 0.3 is 0 Å². The van der Waals surface area contributed by atoms with Crippen LogP contribution in [-0.2, 0) is 17.1 Å².